The highest BCUT2D eigenvalue weighted by Gasteiger charge is 2.28. The topological polar surface area (TPSA) is 86.7 Å². The molecule has 0 bridgehead atoms. The molecular formula is C26H34N2O4S. The Labute approximate surface area is 200 Å². The van der Waals surface area contributed by atoms with E-state index in [0.29, 0.717) is 19.4 Å². The molecule has 2 atom stereocenters. The number of benzene rings is 1. The highest BCUT2D eigenvalue weighted by Crippen LogP contribution is 2.32. The van der Waals surface area contributed by atoms with E-state index in [1.54, 1.807) is 29.4 Å². The molecule has 2 rings (SSSR count). The standard InChI is InChI=1S/C26H34N2O4S/c1-4-6-8-12-19(16-24(29)30)25(31)27-17-21(26(32)28(3)15-11-7-5-2)22-18-33-23-14-10-9-13-20(22)23/h4-5,9-10,13-14,18-19,21H,1-2,6-8,11-12,15-17H2,3H3,(H,27,31)(H,29,30)/t19-,21+/m1/s1. The van der Waals surface area contributed by atoms with E-state index in [1.165, 1.54) is 0 Å². The van der Waals surface area contributed by atoms with Gasteiger partial charge in [-0.05, 0) is 54.5 Å². The number of carboxylic acid groups (broad SMARTS) is 1. The number of carboxylic acids is 1. The lowest BCUT2D eigenvalue weighted by Crippen LogP contribution is -2.41. The smallest absolute Gasteiger partial charge is 0.304 e. The fraction of sp³-hybridized carbons (Fsp3) is 0.423. The molecule has 0 unspecified atom stereocenters. The van der Waals surface area contributed by atoms with Crippen LogP contribution in [0.5, 0.6) is 0 Å². The van der Waals surface area contributed by atoms with Crippen molar-refractivity contribution in [3.8, 4) is 0 Å². The third-order valence-corrected chi connectivity index (χ3v) is 6.68. The first kappa shape index (κ1) is 26.3. The zero-order valence-electron chi connectivity index (χ0n) is 19.3. The molecule has 178 valence electrons. The number of allylic oxidation sites excluding steroid dienone is 2. The number of hydrogen-bond acceptors (Lipinski definition) is 4. The molecular weight excluding hydrogens is 436 g/mol. The van der Waals surface area contributed by atoms with Crippen LogP contribution in [-0.2, 0) is 14.4 Å². The molecule has 1 aromatic heterocycles. The van der Waals surface area contributed by atoms with E-state index >= 15 is 0 Å². The first-order valence-electron chi connectivity index (χ1n) is 11.3. The Balaban J connectivity index is 2.21. The van der Waals surface area contributed by atoms with E-state index in [4.69, 9.17) is 0 Å². The van der Waals surface area contributed by atoms with Gasteiger partial charge in [0.1, 0.15) is 0 Å². The first-order chi connectivity index (χ1) is 15.9. The number of likely N-dealkylation sites (N-methyl/N-ethyl adjacent to an activating group) is 1. The van der Waals surface area contributed by atoms with Crippen molar-refractivity contribution in [1.82, 2.24) is 10.2 Å². The second kappa shape index (κ2) is 13.6. The molecule has 7 heteroatoms. The number of unbranched alkanes of at least 4 members (excludes halogenated alkanes) is 2. The Kier molecular flexibility index (Phi) is 10.8. The summed E-state index contributed by atoms with van der Waals surface area (Å²) in [6.07, 6.45) is 6.88. The van der Waals surface area contributed by atoms with Gasteiger partial charge in [-0.25, -0.2) is 0 Å². The lowest BCUT2D eigenvalue weighted by Gasteiger charge is -2.25. The van der Waals surface area contributed by atoms with Gasteiger partial charge >= 0.3 is 5.97 Å². The molecule has 1 aromatic carbocycles. The van der Waals surface area contributed by atoms with Crippen molar-refractivity contribution in [2.45, 2.75) is 44.4 Å². The fourth-order valence-corrected chi connectivity index (χ4v) is 4.85. The summed E-state index contributed by atoms with van der Waals surface area (Å²) < 4.78 is 1.08. The van der Waals surface area contributed by atoms with Crippen molar-refractivity contribution < 1.29 is 19.5 Å². The van der Waals surface area contributed by atoms with E-state index in [1.807, 2.05) is 35.7 Å². The molecule has 0 radical (unpaired) electrons. The molecule has 2 N–H and O–H groups in total. The average molecular weight is 471 g/mol. The van der Waals surface area contributed by atoms with E-state index in [9.17, 15) is 19.5 Å². The molecule has 2 aromatic rings. The summed E-state index contributed by atoms with van der Waals surface area (Å²) in [7, 11) is 1.78. The Hall–Kier alpha value is -2.93. The Bertz CT molecular complexity index is 968. The maximum atomic E-state index is 13.4. The number of fused-ring (bicyclic) bond motifs is 1. The van der Waals surface area contributed by atoms with Crippen molar-refractivity contribution in [3.63, 3.8) is 0 Å². The van der Waals surface area contributed by atoms with Gasteiger partial charge in [0.05, 0.1) is 12.3 Å². The summed E-state index contributed by atoms with van der Waals surface area (Å²) in [6, 6.07) is 7.90. The quantitative estimate of drug-likeness (QED) is 0.284. The number of thiophene rings is 1. The van der Waals surface area contributed by atoms with E-state index in [2.05, 4.69) is 18.5 Å². The highest BCUT2D eigenvalue weighted by atomic mass is 32.1. The summed E-state index contributed by atoms with van der Waals surface area (Å²) >= 11 is 1.57. The molecule has 0 aliphatic heterocycles. The van der Waals surface area contributed by atoms with Gasteiger partial charge in [0, 0.05) is 30.8 Å². The van der Waals surface area contributed by atoms with Crippen molar-refractivity contribution in [1.29, 1.82) is 0 Å². The second-order valence-electron chi connectivity index (χ2n) is 8.19. The number of carbonyl (C=O) groups excluding carboxylic acids is 2. The summed E-state index contributed by atoms with van der Waals surface area (Å²) in [4.78, 5) is 39.3. The van der Waals surface area contributed by atoms with E-state index < -0.39 is 17.8 Å². The predicted octanol–water partition coefficient (Wildman–Crippen LogP) is 4.97. The fourth-order valence-electron chi connectivity index (χ4n) is 3.84. The van der Waals surface area contributed by atoms with E-state index in [0.717, 1.165) is 34.9 Å². The summed E-state index contributed by atoms with van der Waals surface area (Å²) in [5, 5.41) is 15.1. The summed E-state index contributed by atoms with van der Waals surface area (Å²) in [5.74, 6) is -2.58. The van der Waals surface area contributed by atoms with Crippen LogP contribution < -0.4 is 5.32 Å². The van der Waals surface area contributed by atoms with Crippen LogP contribution >= 0.6 is 11.3 Å². The predicted molar refractivity (Wildman–Crippen MR) is 134 cm³/mol. The lowest BCUT2D eigenvalue weighted by atomic mass is 9.94. The molecule has 1 heterocycles. The molecule has 6 nitrogen and oxygen atoms in total. The largest absolute Gasteiger partial charge is 0.481 e. The zero-order chi connectivity index (χ0) is 24.2. The Morgan fingerprint density at radius 1 is 1.15 bits per heavy atom. The van der Waals surface area contributed by atoms with Gasteiger partial charge < -0.3 is 15.3 Å². The van der Waals surface area contributed by atoms with Crippen molar-refractivity contribution in [2.24, 2.45) is 5.92 Å². The number of rotatable bonds is 15. The maximum Gasteiger partial charge on any atom is 0.304 e. The van der Waals surface area contributed by atoms with Crippen LogP contribution in [-0.4, -0.2) is 47.9 Å². The van der Waals surface area contributed by atoms with Crippen LogP contribution in [0.4, 0.5) is 0 Å². The first-order valence-corrected chi connectivity index (χ1v) is 12.2. The second-order valence-corrected chi connectivity index (χ2v) is 9.10. The maximum absolute atomic E-state index is 13.4. The number of amides is 2. The van der Waals surface area contributed by atoms with Crippen molar-refractivity contribution >= 4 is 39.2 Å². The van der Waals surface area contributed by atoms with Gasteiger partial charge in [0.2, 0.25) is 11.8 Å². The molecule has 2 amide bonds. The van der Waals surface area contributed by atoms with Crippen molar-refractivity contribution in [3.05, 3.63) is 60.5 Å². The third kappa shape index (κ3) is 7.86. The zero-order valence-corrected chi connectivity index (χ0v) is 20.1. The minimum absolute atomic E-state index is 0.0654. The summed E-state index contributed by atoms with van der Waals surface area (Å²) in [6.45, 7) is 8.13. The highest BCUT2D eigenvalue weighted by molar-refractivity contribution is 7.17. The van der Waals surface area contributed by atoms with Crippen LogP contribution in [0.1, 0.15) is 50.0 Å². The van der Waals surface area contributed by atoms with Crippen LogP contribution in [0, 0.1) is 5.92 Å². The lowest BCUT2D eigenvalue weighted by molar-refractivity contribution is -0.141. The van der Waals surface area contributed by atoms with Crippen LogP contribution in [0.15, 0.2) is 55.0 Å². The van der Waals surface area contributed by atoms with Crippen molar-refractivity contribution in [2.75, 3.05) is 20.1 Å². The van der Waals surface area contributed by atoms with Gasteiger partial charge in [0.25, 0.3) is 0 Å². The van der Waals surface area contributed by atoms with Gasteiger partial charge in [-0.1, -0.05) is 30.4 Å². The van der Waals surface area contributed by atoms with Crippen LogP contribution in [0.2, 0.25) is 0 Å². The Morgan fingerprint density at radius 3 is 2.55 bits per heavy atom. The molecule has 0 aliphatic rings. The third-order valence-electron chi connectivity index (χ3n) is 5.70. The Morgan fingerprint density at radius 2 is 1.85 bits per heavy atom. The van der Waals surface area contributed by atoms with Crippen LogP contribution in [0.25, 0.3) is 10.1 Å². The van der Waals surface area contributed by atoms with Gasteiger partial charge in [-0.15, -0.1) is 24.5 Å². The summed E-state index contributed by atoms with van der Waals surface area (Å²) in [5.41, 5.74) is 0.887. The molecule has 33 heavy (non-hydrogen) atoms. The number of nitrogens with one attached hydrogen (secondary N) is 1. The van der Waals surface area contributed by atoms with Gasteiger partial charge in [0.15, 0.2) is 0 Å². The van der Waals surface area contributed by atoms with E-state index in [-0.39, 0.29) is 24.8 Å². The SMILES string of the molecule is C=CCCC[C@H](CC(=O)O)C(=O)NC[C@H](C(=O)N(C)CCCC=C)c1csc2ccccc12. The molecule has 0 spiro atoms. The monoisotopic (exact) mass is 470 g/mol. The molecule has 0 saturated carbocycles. The minimum Gasteiger partial charge on any atom is -0.481 e. The molecule has 0 saturated heterocycles. The normalized spacial score (nSPS) is 12.6. The minimum atomic E-state index is -1.01. The average Bonchev–Trinajstić information content (AvgIpc) is 3.22. The molecule has 0 fully saturated rings. The number of hydrogen-bond donors (Lipinski definition) is 2. The molecule has 0 aliphatic carbocycles. The van der Waals surface area contributed by atoms with Gasteiger partial charge in [-0.3, -0.25) is 14.4 Å². The number of carbonyl (C=O) groups is 3. The van der Waals surface area contributed by atoms with Crippen LogP contribution in [0.3, 0.4) is 0 Å². The number of nitrogens with zero attached hydrogens (tertiary/aromatic N) is 1. The van der Waals surface area contributed by atoms with Gasteiger partial charge in [-0.2, -0.15) is 0 Å². The number of aliphatic carboxylic acids is 1.